The number of nitrogens with one attached hydrogen (secondary N) is 2. The summed E-state index contributed by atoms with van der Waals surface area (Å²) >= 11 is 0. The van der Waals surface area contributed by atoms with Crippen LogP contribution in [0, 0.1) is 5.82 Å². The van der Waals surface area contributed by atoms with Crippen molar-refractivity contribution >= 4 is 5.91 Å². The van der Waals surface area contributed by atoms with Gasteiger partial charge in [0.05, 0.1) is 6.04 Å². The summed E-state index contributed by atoms with van der Waals surface area (Å²) in [6.07, 6.45) is 1.23. The fourth-order valence-corrected chi connectivity index (χ4v) is 1.91. The summed E-state index contributed by atoms with van der Waals surface area (Å²) in [6, 6.07) is 6.74. The van der Waals surface area contributed by atoms with Gasteiger partial charge in [-0.15, -0.1) is 0 Å². The zero-order valence-electron chi connectivity index (χ0n) is 11.3. The molecule has 0 spiro atoms. The Hall–Kier alpha value is -2.70. The highest BCUT2D eigenvalue weighted by Crippen LogP contribution is 2.15. The molecule has 0 fully saturated rings. The van der Waals surface area contributed by atoms with Gasteiger partial charge in [0.2, 0.25) is 5.91 Å². The number of benzene rings is 1. The lowest BCUT2D eigenvalue weighted by Crippen LogP contribution is -2.36. The van der Waals surface area contributed by atoms with Gasteiger partial charge in [0, 0.05) is 17.8 Å². The standard InChI is InChI=1S/C14H14FN3O3/c1-9(10-4-2-3-5-11(10)15)16-13(20)8-18-7-6-12(19)17-14(18)21/h2-7,9H,8H2,1H3,(H,16,20)(H,17,19,21)/t9-/m1/s1. The molecule has 0 unspecified atom stereocenters. The van der Waals surface area contributed by atoms with Crippen molar-refractivity contribution < 1.29 is 9.18 Å². The third kappa shape index (κ3) is 3.65. The van der Waals surface area contributed by atoms with Crippen LogP contribution in [0.1, 0.15) is 18.5 Å². The molecule has 1 aromatic carbocycles. The number of H-pyrrole nitrogens is 1. The monoisotopic (exact) mass is 291 g/mol. The SMILES string of the molecule is C[C@@H](NC(=O)Cn1ccc(=O)[nH]c1=O)c1ccccc1F. The summed E-state index contributed by atoms with van der Waals surface area (Å²) in [7, 11) is 0. The van der Waals surface area contributed by atoms with Crippen LogP contribution in [0.2, 0.25) is 0 Å². The lowest BCUT2D eigenvalue weighted by Gasteiger charge is -2.15. The van der Waals surface area contributed by atoms with Crippen LogP contribution in [0.25, 0.3) is 0 Å². The van der Waals surface area contributed by atoms with Crippen LogP contribution in [0.5, 0.6) is 0 Å². The second-order valence-corrected chi connectivity index (χ2v) is 4.55. The van der Waals surface area contributed by atoms with Gasteiger partial charge >= 0.3 is 5.69 Å². The average molecular weight is 291 g/mol. The molecule has 2 rings (SSSR count). The first-order valence-corrected chi connectivity index (χ1v) is 6.31. The van der Waals surface area contributed by atoms with Gasteiger partial charge in [-0.3, -0.25) is 19.1 Å². The van der Waals surface area contributed by atoms with E-state index < -0.39 is 29.0 Å². The van der Waals surface area contributed by atoms with Gasteiger partial charge < -0.3 is 5.32 Å². The Bertz CT molecular complexity index is 766. The Morgan fingerprint density at radius 3 is 2.71 bits per heavy atom. The summed E-state index contributed by atoms with van der Waals surface area (Å²) in [5, 5.41) is 2.60. The minimum absolute atomic E-state index is 0.256. The highest BCUT2D eigenvalue weighted by Gasteiger charge is 2.13. The molecule has 0 aliphatic carbocycles. The van der Waals surface area contributed by atoms with Crippen molar-refractivity contribution in [3.63, 3.8) is 0 Å². The lowest BCUT2D eigenvalue weighted by molar-refractivity contribution is -0.122. The predicted octanol–water partition coefficient (Wildman–Crippen LogP) is 0.553. The number of aromatic amines is 1. The van der Waals surface area contributed by atoms with Crippen molar-refractivity contribution in [3.05, 3.63) is 68.7 Å². The van der Waals surface area contributed by atoms with E-state index in [0.717, 1.165) is 10.6 Å². The Morgan fingerprint density at radius 1 is 1.33 bits per heavy atom. The number of carbonyl (C=O) groups excluding carboxylic acids is 1. The number of rotatable bonds is 4. The molecule has 0 saturated carbocycles. The molecule has 1 heterocycles. The van der Waals surface area contributed by atoms with Crippen LogP contribution in [0.15, 0.2) is 46.1 Å². The van der Waals surface area contributed by atoms with Gasteiger partial charge in [-0.2, -0.15) is 0 Å². The van der Waals surface area contributed by atoms with E-state index >= 15 is 0 Å². The normalized spacial score (nSPS) is 11.9. The number of nitrogens with zero attached hydrogens (tertiary/aromatic N) is 1. The summed E-state index contributed by atoms with van der Waals surface area (Å²) in [5.74, 6) is -0.869. The maximum Gasteiger partial charge on any atom is 0.328 e. The van der Waals surface area contributed by atoms with Crippen molar-refractivity contribution in [2.24, 2.45) is 0 Å². The molecule has 0 saturated heterocycles. The van der Waals surface area contributed by atoms with E-state index in [1.54, 1.807) is 25.1 Å². The van der Waals surface area contributed by atoms with E-state index in [2.05, 4.69) is 10.3 Å². The smallest absolute Gasteiger partial charge is 0.328 e. The number of amides is 1. The van der Waals surface area contributed by atoms with E-state index in [1.807, 2.05) is 0 Å². The van der Waals surface area contributed by atoms with Crippen molar-refractivity contribution in [2.45, 2.75) is 19.5 Å². The molecule has 2 N–H and O–H groups in total. The summed E-state index contributed by atoms with van der Waals surface area (Å²) in [6.45, 7) is 1.39. The Morgan fingerprint density at radius 2 is 2.05 bits per heavy atom. The van der Waals surface area contributed by atoms with E-state index in [4.69, 9.17) is 0 Å². The number of aromatic nitrogens is 2. The molecule has 6 nitrogen and oxygen atoms in total. The second-order valence-electron chi connectivity index (χ2n) is 4.55. The molecule has 0 bridgehead atoms. The molecule has 0 aliphatic rings. The molecule has 110 valence electrons. The van der Waals surface area contributed by atoms with Crippen LogP contribution < -0.4 is 16.6 Å². The van der Waals surface area contributed by atoms with Crippen molar-refractivity contribution in [2.75, 3.05) is 0 Å². The zero-order chi connectivity index (χ0) is 15.4. The quantitative estimate of drug-likeness (QED) is 0.863. The maximum atomic E-state index is 13.6. The number of halogens is 1. The largest absolute Gasteiger partial charge is 0.348 e. The first-order chi connectivity index (χ1) is 9.97. The van der Waals surface area contributed by atoms with Gasteiger partial charge in [0.25, 0.3) is 5.56 Å². The summed E-state index contributed by atoms with van der Waals surface area (Å²) in [4.78, 5) is 36.3. The number of hydrogen-bond donors (Lipinski definition) is 2. The molecule has 21 heavy (non-hydrogen) atoms. The van der Waals surface area contributed by atoms with Crippen LogP contribution >= 0.6 is 0 Å². The molecule has 1 aromatic heterocycles. The Balaban J connectivity index is 2.07. The van der Waals surface area contributed by atoms with E-state index in [0.29, 0.717) is 5.56 Å². The van der Waals surface area contributed by atoms with Crippen molar-refractivity contribution in [1.82, 2.24) is 14.9 Å². The Labute approximate surface area is 119 Å². The third-order valence-corrected chi connectivity index (χ3v) is 2.96. The molecule has 0 aliphatic heterocycles. The van der Waals surface area contributed by atoms with E-state index in [-0.39, 0.29) is 6.54 Å². The first-order valence-electron chi connectivity index (χ1n) is 6.31. The second kappa shape index (κ2) is 6.17. The maximum absolute atomic E-state index is 13.6. The van der Waals surface area contributed by atoms with Gasteiger partial charge in [0.15, 0.2) is 0 Å². The first kappa shape index (κ1) is 14.7. The fraction of sp³-hybridized carbons (Fsp3) is 0.214. The van der Waals surface area contributed by atoms with Crippen LogP contribution in [0.4, 0.5) is 4.39 Å². The van der Waals surface area contributed by atoms with Gasteiger partial charge in [-0.25, -0.2) is 9.18 Å². The molecule has 0 radical (unpaired) electrons. The van der Waals surface area contributed by atoms with Crippen molar-refractivity contribution in [3.8, 4) is 0 Å². The molecule has 2 aromatic rings. The minimum atomic E-state index is -0.670. The molecule has 1 amide bonds. The summed E-state index contributed by atoms with van der Waals surface area (Å²) < 4.78 is 14.6. The highest BCUT2D eigenvalue weighted by molar-refractivity contribution is 5.76. The van der Waals surface area contributed by atoms with Gasteiger partial charge in [-0.1, -0.05) is 18.2 Å². The van der Waals surface area contributed by atoms with Crippen LogP contribution in [0.3, 0.4) is 0 Å². The molecule has 7 heteroatoms. The van der Waals surface area contributed by atoms with Gasteiger partial charge in [-0.05, 0) is 13.0 Å². The molecule has 1 atom stereocenters. The predicted molar refractivity (Wildman–Crippen MR) is 74.3 cm³/mol. The molecular weight excluding hydrogens is 277 g/mol. The van der Waals surface area contributed by atoms with Crippen molar-refractivity contribution in [1.29, 1.82) is 0 Å². The topological polar surface area (TPSA) is 84.0 Å². The average Bonchev–Trinajstić information content (AvgIpc) is 2.42. The minimum Gasteiger partial charge on any atom is -0.348 e. The fourth-order valence-electron chi connectivity index (χ4n) is 1.91. The van der Waals surface area contributed by atoms with E-state index in [9.17, 15) is 18.8 Å². The lowest BCUT2D eigenvalue weighted by atomic mass is 10.1. The summed E-state index contributed by atoms with van der Waals surface area (Å²) in [5.41, 5.74) is -0.841. The third-order valence-electron chi connectivity index (χ3n) is 2.96. The van der Waals surface area contributed by atoms with Gasteiger partial charge in [0.1, 0.15) is 12.4 Å². The Kier molecular flexibility index (Phi) is 4.32. The van der Waals surface area contributed by atoms with E-state index in [1.165, 1.54) is 12.3 Å². The number of hydrogen-bond acceptors (Lipinski definition) is 3. The molecular formula is C14H14FN3O3. The number of carbonyl (C=O) groups is 1. The highest BCUT2D eigenvalue weighted by atomic mass is 19.1. The van der Waals surface area contributed by atoms with Crippen LogP contribution in [-0.4, -0.2) is 15.5 Å². The van der Waals surface area contributed by atoms with Crippen LogP contribution in [-0.2, 0) is 11.3 Å². The zero-order valence-corrected chi connectivity index (χ0v) is 11.3.